The summed E-state index contributed by atoms with van der Waals surface area (Å²) in [5.41, 5.74) is -0.107. The van der Waals surface area contributed by atoms with E-state index in [9.17, 15) is 14.7 Å². The summed E-state index contributed by atoms with van der Waals surface area (Å²) in [6, 6.07) is 7.28. The number of anilines is 1. The van der Waals surface area contributed by atoms with Crippen molar-refractivity contribution in [2.45, 2.75) is 44.8 Å². The summed E-state index contributed by atoms with van der Waals surface area (Å²) in [4.78, 5) is 34.1. The van der Waals surface area contributed by atoms with Crippen molar-refractivity contribution >= 4 is 34.7 Å². The normalized spacial score (nSPS) is 16.2. The molecule has 32 heavy (non-hydrogen) atoms. The summed E-state index contributed by atoms with van der Waals surface area (Å²) in [6.07, 6.45) is 5.85. The van der Waals surface area contributed by atoms with Gasteiger partial charge < -0.3 is 24.0 Å². The van der Waals surface area contributed by atoms with Gasteiger partial charge in [-0.25, -0.2) is 9.78 Å². The van der Waals surface area contributed by atoms with E-state index in [1.54, 1.807) is 29.1 Å². The lowest BCUT2D eigenvalue weighted by atomic mass is 9.90. The van der Waals surface area contributed by atoms with Crippen LogP contribution in [0.3, 0.4) is 0 Å². The molecule has 170 valence electrons. The molecule has 0 aromatic carbocycles. The number of imidazole rings is 1. The Morgan fingerprint density at radius 1 is 1.19 bits per heavy atom. The summed E-state index contributed by atoms with van der Waals surface area (Å²) in [5, 5.41) is 11.2. The van der Waals surface area contributed by atoms with Crippen LogP contribution < -0.4 is 4.90 Å². The van der Waals surface area contributed by atoms with Crippen LogP contribution in [0.4, 0.5) is 10.5 Å². The lowest BCUT2D eigenvalue weighted by molar-refractivity contribution is -0.0335. The Bertz CT molecular complexity index is 1140. The van der Waals surface area contributed by atoms with Crippen LogP contribution in [0.1, 0.15) is 48.2 Å². The average molecular weight is 457 g/mol. The standard InChI is InChI=1S/C23H28N4O4S/c1-22(2,3)31-21(29)27-12-8-23(30,9-13-27)18-6-5-17(32-18)20(28)25(4)16-7-11-26-14-10-24-19(26)15-16/h5-7,10-11,14-15,30H,8-9,12-13H2,1-4H3. The zero-order valence-electron chi connectivity index (χ0n) is 18.7. The molecule has 9 heteroatoms. The van der Waals surface area contributed by atoms with Crippen LogP contribution in [0, 0.1) is 0 Å². The number of thiophene rings is 1. The SMILES string of the molecule is CN(C(=O)c1ccc(C2(O)CCN(C(=O)OC(C)(C)C)CC2)s1)c1ccn2ccnc2c1. The van der Waals surface area contributed by atoms with E-state index in [1.165, 1.54) is 11.3 Å². The Hall–Kier alpha value is -2.91. The number of hydrogen-bond acceptors (Lipinski definition) is 6. The molecule has 3 aromatic heterocycles. The maximum atomic E-state index is 13.1. The number of rotatable bonds is 3. The first-order valence-corrected chi connectivity index (χ1v) is 11.4. The van der Waals surface area contributed by atoms with Gasteiger partial charge in [-0.05, 0) is 51.8 Å². The maximum Gasteiger partial charge on any atom is 0.410 e. The van der Waals surface area contributed by atoms with Crippen LogP contribution in [0.5, 0.6) is 0 Å². The summed E-state index contributed by atoms with van der Waals surface area (Å²) in [5.74, 6) is -0.146. The number of hydrogen-bond donors (Lipinski definition) is 1. The highest BCUT2D eigenvalue weighted by atomic mass is 32.1. The second-order valence-electron chi connectivity index (χ2n) is 9.10. The van der Waals surface area contributed by atoms with E-state index in [-0.39, 0.29) is 12.0 Å². The third-order valence-electron chi connectivity index (χ3n) is 5.59. The molecule has 1 fully saturated rings. The molecule has 0 spiro atoms. The molecular formula is C23H28N4O4S. The third-order valence-corrected chi connectivity index (χ3v) is 6.86. The van der Waals surface area contributed by atoms with E-state index in [1.807, 2.05) is 55.8 Å². The predicted molar refractivity (Wildman–Crippen MR) is 123 cm³/mol. The molecule has 1 N–H and O–H groups in total. The van der Waals surface area contributed by atoms with Gasteiger partial charge in [0.05, 0.1) is 4.88 Å². The Kier molecular flexibility index (Phi) is 5.72. The number of ether oxygens (including phenoxy) is 1. The van der Waals surface area contributed by atoms with Crippen LogP contribution in [0.2, 0.25) is 0 Å². The molecule has 3 aromatic rings. The smallest absolute Gasteiger partial charge is 0.410 e. The number of piperidine rings is 1. The fourth-order valence-corrected chi connectivity index (χ4v) is 4.85. The third kappa shape index (κ3) is 4.49. The van der Waals surface area contributed by atoms with Gasteiger partial charge in [-0.15, -0.1) is 11.3 Å². The van der Waals surface area contributed by atoms with E-state index in [2.05, 4.69) is 4.98 Å². The van der Waals surface area contributed by atoms with E-state index >= 15 is 0 Å². The summed E-state index contributed by atoms with van der Waals surface area (Å²) in [7, 11) is 1.73. The largest absolute Gasteiger partial charge is 0.444 e. The quantitative estimate of drug-likeness (QED) is 0.646. The second kappa shape index (κ2) is 8.22. The Morgan fingerprint density at radius 2 is 1.91 bits per heavy atom. The summed E-state index contributed by atoms with van der Waals surface area (Å²) in [6.45, 7) is 6.30. The minimum atomic E-state index is -1.06. The molecule has 4 heterocycles. The number of pyridine rings is 1. The Labute approximate surface area is 191 Å². The highest BCUT2D eigenvalue weighted by Gasteiger charge is 2.38. The van der Waals surface area contributed by atoms with Gasteiger partial charge in [-0.3, -0.25) is 4.79 Å². The van der Waals surface area contributed by atoms with Crippen molar-refractivity contribution in [1.29, 1.82) is 0 Å². The zero-order valence-corrected chi connectivity index (χ0v) is 19.6. The number of aliphatic hydroxyl groups is 1. The summed E-state index contributed by atoms with van der Waals surface area (Å²) >= 11 is 1.30. The fourth-order valence-electron chi connectivity index (χ4n) is 3.73. The van der Waals surface area contributed by atoms with Gasteiger partial charge in [0.15, 0.2) is 0 Å². The zero-order chi connectivity index (χ0) is 23.1. The predicted octanol–water partition coefficient (Wildman–Crippen LogP) is 3.89. The molecule has 1 aliphatic heterocycles. The van der Waals surface area contributed by atoms with Crippen molar-refractivity contribution in [3.05, 3.63) is 52.6 Å². The van der Waals surface area contributed by atoms with Gasteiger partial charge in [-0.1, -0.05) is 0 Å². The summed E-state index contributed by atoms with van der Waals surface area (Å²) < 4.78 is 7.31. The van der Waals surface area contributed by atoms with Gasteiger partial charge >= 0.3 is 6.09 Å². The van der Waals surface area contributed by atoms with Crippen molar-refractivity contribution < 1.29 is 19.4 Å². The number of fused-ring (bicyclic) bond motifs is 1. The lowest BCUT2D eigenvalue weighted by Gasteiger charge is -2.38. The molecule has 0 unspecified atom stereocenters. The minimum Gasteiger partial charge on any atom is -0.444 e. The van der Waals surface area contributed by atoms with Crippen LogP contribution in [0.15, 0.2) is 42.9 Å². The highest BCUT2D eigenvalue weighted by Crippen LogP contribution is 2.37. The minimum absolute atomic E-state index is 0.146. The first-order valence-electron chi connectivity index (χ1n) is 10.6. The van der Waals surface area contributed by atoms with Crippen LogP contribution >= 0.6 is 11.3 Å². The van der Waals surface area contributed by atoms with Crippen LogP contribution in [-0.4, -0.2) is 57.1 Å². The molecule has 1 aliphatic rings. The molecule has 8 nitrogen and oxygen atoms in total. The molecule has 2 amide bonds. The van der Waals surface area contributed by atoms with E-state index < -0.39 is 11.2 Å². The van der Waals surface area contributed by atoms with E-state index in [0.29, 0.717) is 30.8 Å². The number of carbonyl (C=O) groups is 2. The fraction of sp³-hybridized carbons (Fsp3) is 0.435. The second-order valence-corrected chi connectivity index (χ2v) is 10.2. The topological polar surface area (TPSA) is 87.4 Å². The Balaban J connectivity index is 1.44. The molecular weight excluding hydrogens is 428 g/mol. The molecule has 4 rings (SSSR count). The van der Waals surface area contributed by atoms with Crippen LogP contribution in [0.25, 0.3) is 5.65 Å². The number of carbonyl (C=O) groups excluding carboxylic acids is 2. The van der Waals surface area contributed by atoms with Crippen molar-refractivity contribution in [3.8, 4) is 0 Å². The van der Waals surface area contributed by atoms with Gasteiger partial charge in [0.25, 0.3) is 5.91 Å². The Morgan fingerprint density at radius 3 is 2.59 bits per heavy atom. The molecule has 0 atom stereocenters. The number of likely N-dealkylation sites (tertiary alicyclic amines) is 1. The number of aromatic nitrogens is 2. The highest BCUT2D eigenvalue weighted by molar-refractivity contribution is 7.14. The van der Waals surface area contributed by atoms with Gasteiger partial charge in [-0.2, -0.15) is 0 Å². The van der Waals surface area contributed by atoms with Gasteiger partial charge in [0, 0.05) is 55.4 Å². The molecule has 0 aliphatic carbocycles. The number of nitrogens with zero attached hydrogens (tertiary/aromatic N) is 4. The van der Waals surface area contributed by atoms with E-state index in [0.717, 1.165) is 16.2 Å². The number of amides is 2. The molecule has 1 saturated heterocycles. The first kappa shape index (κ1) is 22.3. The van der Waals surface area contributed by atoms with Crippen molar-refractivity contribution in [1.82, 2.24) is 14.3 Å². The molecule has 0 bridgehead atoms. The van der Waals surface area contributed by atoms with Crippen molar-refractivity contribution in [2.75, 3.05) is 25.0 Å². The monoisotopic (exact) mass is 456 g/mol. The van der Waals surface area contributed by atoms with Crippen molar-refractivity contribution in [3.63, 3.8) is 0 Å². The first-order chi connectivity index (χ1) is 15.1. The molecule has 0 radical (unpaired) electrons. The van der Waals surface area contributed by atoms with Crippen molar-refractivity contribution in [2.24, 2.45) is 0 Å². The maximum absolute atomic E-state index is 13.1. The van der Waals surface area contributed by atoms with Crippen LogP contribution in [-0.2, 0) is 10.3 Å². The lowest BCUT2D eigenvalue weighted by Crippen LogP contribution is -2.46. The van der Waals surface area contributed by atoms with E-state index in [4.69, 9.17) is 4.74 Å². The average Bonchev–Trinajstić information content (AvgIpc) is 3.41. The van der Waals surface area contributed by atoms with Gasteiger partial charge in [0.2, 0.25) is 0 Å². The van der Waals surface area contributed by atoms with Gasteiger partial charge in [0.1, 0.15) is 16.8 Å². The molecule has 0 saturated carbocycles.